The topological polar surface area (TPSA) is 189 Å². The molecule has 1 aromatic rings. The number of hydrogen-bond donors (Lipinski definition) is 3. The SMILES string of the molecule is CO/N=C(/C(=O)NC1C(=O)N2CC(COC(N)=O)(OC=O)CS[C@H]12)c1csc(N)n1. The smallest absolute Gasteiger partial charge is 0.404 e. The highest BCUT2D eigenvalue weighted by Crippen LogP contribution is 2.39. The van der Waals surface area contributed by atoms with Gasteiger partial charge in [0.2, 0.25) is 5.91 Å². The number of β-lactam (4-membered cyclic amide) rings is 1. The van der Waals surface area contributed by atoms with Crippen LogP contribution in [0.15, 0.2) is 10.5 Å². The summed E-state index contributed by atoms with van der Waals surface area (Å²) in [7, 11) is 1.27. The fourth-order valence-corrected chi connectivity index (χ4v) is 5.00. The van der Waals surface area contributed by atoms with Crippen molar-refractivity contribution in [2.45, 2.75) is 17.0 Å². The number of carbonyl (C=O) groups excluding carboxylic acids is 4. The monoisotopic (exact) mass is 458 g/mol. The molecule has 2 saturated heterocycles. The minimum Gasteiger partial charge on any atom is -0.455 e. The van der Waals surface area contributed by atoms with Crippen LogP contribution in [0.4, 0.5) is 9.93 Å². The first-order chi connectivity index (χ1) is 14.3. The van der Waals surface area contributed by atoms with Crippen molar-refractivity contribution in [2.24, 2.45) is 10.9 Å². The predicted molar refractivity (Wildman–Crippen MR) is 105 cm³/mol. The summed E-state index contributed by atoms with van der Waals surface area (Å²) in [6, 6.07) is -0.827. The normalized spacial score (nSPS) is 25.6. The lowest BCUT2D eigenvalue weighted by molar-refractivity contribution is -0.164. The zero-order chi connectivity index (χ0) is 21.9. The van der Waals surface area contributed by atoms with Crippen LogP contribution in [-0.4, -0.2) is 83.0 Å². The number of anilines is 1. The van der Waals surface area contributed by atoms with Crippen molar-refractivity contribution in [3.05, 3.63) is 11.1 Å². The van der Waals surface area contributed by atoms with E-state index in [0.717, 1.165) is 11.3 Å². The largest absolute Gasteiger partial charge is 0.455 e. The number of thioether (sulfide) groups is 1. The molecule has 0 aliphatic carbocycles. The third-order valence-corrected chi connectivity index (χ3v) is 6.58. The first-order valence-electron chi connectivity index (χ1n) is 8.39. The van der Waals surface area contributed by atoms with Crippen LogP contribution in [0.1, 0.15) is 5.69 Å². The number of oxime groups is 1. The zero-order valence-corrected chi connectivity index (χ0v) is 17.2. The average molecular weight is 458 g/mol. The number of nitrogens with zero attached hydrogens (tertiary/aromatic N) is 3. The molecule has 0 radical (unpaired) electrons. The average Bonchev–Trinajstić information content (AvgIpc) is 3.14. The predicted octanol–water partition coefficient (Wildman–Crippen LogP) is -1.52. The minimum atomic E-state index is -1.22. The first kappa shape index (κ1) is 21.6. The van der Waals surface area contributed by atoms with Gasteiger partial charge in [0, 0.05) is 11.1 Å². The van der Waals surface area contributed by atoms with Crippen molar-refractivity contribution in [2.75, 3.05) is 31.7 Å². The molecule has 3 atom stereocenters. The molecule has 2 fully saturated rings. The van der Waals surface area contributed by atoms with Gasteiger partial charge in [0.15, 0.2) is 16.4 Å². The summed E-state index contributed by atoms with van der Waals surface area (Å²) in [4.78, 5) is 57.2. The minimum absolute atomic E-state index is 0.0104. The van der Waals surface area contributed by atoms with Crippen molar-refractivity contribution in [3.63, 3.8) is 0 Å². The van der Waals surface area contributed by atoms with E-state index >= 15 is 0 Å². The van der Waals surface area contributed by atoms with E-state index in [2.05, 4.69) is 15.5 Å². The maximum Gasteiger partial charge on any atom is 0.404 e. The number of ether oxygens (including phenoxy) is 2. The van der Waals surface area contributed by atoms with Gasteiger partial charge in [-0.15, -0.1) is 23.1 Å². The number of carbonyl (C=O) groups is 4. The Morgan fingerprint density at radius 3 is 2.90 bits per heavy atom. The fourth-order valence-electron chi connectivity index (χ4n) is 3.00. The van der Waals surface area contributed by atoms with Gasteiger partial charge in [-0.2, -0.15) is 0 Å². The van der Waals surface area contributed by atoms with Crippen molar-refractivity contribution < 1.29 is 33.5 Å². The summed E-state index contributed by atoms with van der Waals surface area (Å²) in [6.07, 6.45) is -1.02. The quantitative estimate of drug-likeness (QED) is 0.179. The number of fused-ring (bicyclic) bond motifs is 1. The van der Waals surface area contributed by atoms with Crippen molar-refractivity contribution in [1.82, 2.24) is 15.2 Å². The van der Waals surface area contributed by atoms with Gasteiger partial charge in [-0.1, -0.05) is 5.16 Å². The third-order valence-electron chi connectivity index (χ3n) is 4.34. The number of nitrogen functional groups attached to an aromatic ring is 1. The van der Waals surface area contributed by atoms with E-state index in [0.29, 0.717) is 0 Å². The van der Waals surface area contributed by atoms with Crippen LogP contribution in [0.5, 0.6) is 0 Å². The van der Waals surface area contributed by atoms with Crippen LogP contribution in [0, 0.1) is 0 Å². The number of hydrogen-bond acceptors (Lipinski definition) is 12. The van der Waals surface area contributed by atoms with Gasteiger partial charge < -0.3 is 36.0 Å². The highest BCUT2D eigenvalue weighted by atomic mass is 32.2. The number of nitrogens with two attached hydrogens (primary N) is 2. The second-order valence-electron chi connectivity index (χ2n) is 6.32. The Kier molecular flexibility index (Phi) is 6.31. The number of rotatable bonds is 8. The molecule has 0 spiro atoms. The summed E-state index contributed by atoms with van der Waals surface area (Å²) in [5.41, 5.74) is 9.45. The van der Waals surface area contributed by atoms with Gasteiger partial charge in [-0.25, -0.2) is 9.78 Å². The molecule has 30 heavy (non-hydrogen) atoms. The van der Waals surface area contributed by atoms with Gasteiger partial charge >= 0.3 is 6.09 Å². The molecule has 0 aromatic carbocycles. The van der Waals surface area contributed by atoms with E-state index in [1.807, 2.05) is 0 Å². The van der Waals surface area contributed by atoms with E-state index in [4.69, 9.17) is 25.8 Å². The Morgan fingerprint density at radius 2 is 2.30 bits per heavy atom. The summed E-state index contributed by atoms with van der Waals surface area (Å²) in [5.74, 6) is -0.826. The van der Waals surface area contributed by atoms with Gasteiger partial charge in [0.1, 0.15) is 30.8 Å². The molecule has 162 valence electrons. The van der Waals surface area contributed by atoms with Crippen LogP contribution in [0.3, 0.4) is 0 Å². The molecule has 2 aliphatic heterocycles. The molecular formula is C15H18N6O7S2. The van der Waals surface area contributed by atoms with E-state index in [-0.39, 0.29) is 41.9 Å². The Hall–Kier alpha value is -3.07. The molecule has 0 bridgehead atoms. The molecule has 13 nitrogen and oxygen atoms in total. The summed E-state index contributed by atoms with van der Waals surface area (Å²) in [6.45, 7) is -0.0805. The van der Waals surface area contributed by atoms with E-state index in [1.54, 1.807) is 5.38 Å². The second-order valence-corrected chi connectivity index (χ2v) is 8.31. The number of amides is 3. The molecule has 3 rings (SSSR count). The van der Waals surface area contributed by atoms with Crippen LogP contribution in [0.2, 0.25) is 0 Å². The first-order valence-corrected chi connectivity index (χ1v) is 10.3. The lowest BCUT2D eigenvalue weighted by Crippen LogP contribution is -2.75. The summed E-state index contributed by atoms with van der Waals surface area (Å²) >= 11 is 2.39. The van der Waals surface area contributed by atoms with E-state index in [9.17, 15) is 19.2 Å². The van der Waals surface area contributed by atoms with Gasteiger partial charge in [-0.3, -0.25) is 14.4 Å². The van der Waals surface area contributed by atoms with Crippen LogP contribution >= 0.6 is 23.1 Å². The molecule has 3 heterocycles. The maximum atomic E-state index is 12.7. The van der Waals surface area contributed by atoms with Crippen molar-refractivity contribution in [1.29, 1.82) is 0 Å². The highest BCUT2D eigenvalue weighted by molar-refractivity contribution is 8.00. The Balaban J connectivity index is 1.67. The van der Waals surface area contributed by atoms with E-state index < -0.39 is 34.9 Å². The Bertz CT molecular complexity index is 893. The number of thiazole rings is 1. The molecule has 0 saturated carbocycles. The molecule has 5 N–H and O–H groups in total. The Labute approximate surface area is 178 Å². The third kappa shape index (κ3) is 4.25. The van der Waals surface area contributed by atoms with Crippen LogP contribution < -0.4 is 16.8 Å². The van der Waals surface area contributed by atoms with Crippen LogP contribution in [-0.2, 0) is 28.7 Å². The fraction of sp³-hybridized carbons (Fsp3) is 0.467. The van der Waals surface area contributed by atoms with Crippen LogP contribution in [0.25, 0.3) is 0 Å². The van der Waals surface area contributed by atoms with E-state index in [1.165, 1.54) is 23.8 Å². The highest BCUT2D eigenvalue weighted by Gasteiger charge is 2.56. The summed E-state index contributed by atoms with van der Waals surface area (Å²) < 4.78 is 9.87. The standard InChI is InChI=1S/C15H18N6O7S2/c1-26-20-8(7-2-29-13(16)18-7)10(23)19-9-11(24)21-3-15(28-6-22,4-27-14(17)25)5-30-12(9)21/h2,6,9,12H,3-5H2,1H3,(H2,16,18)(H2,17,25)(H,19,23)/b20-8+/t9?,12-,15?/m1/s1. The second kappa shape index (κ2) is 8.74. The zero-order valence-electron chi connectivity index (χ0n) is 15.6. The molecule has 3 amide bonds. The number of aromatic nitrogens is 1. The molecular weight excluding hydrogens is 440 g/mol. The van der Waals surface area contributed by atoms with Crippen molar-refractivity contribution >= 4 is 58.3 Å². The van der Waals surface area contributed by atoms with Gasteiger partial charge in [0.05, 0.1) is 6.54 Å². The molecule has 2 unspecified atom stereocenters. The number of primary amides is 1. The molecule has 1 aromatic heterocycles. The maximum absolute atomic E-state index is 12.7. The summed E-state index contributed by atoms with van der Waals surface area (Å²) in [5, 5.41) is 7.69. The lowest BCUT2D eigenvalue weighted by atomic mass is 9.99. The van der Waals surface area contributed by atoms with Gasteiger partial charge in [-0.05, 0) is 0 Å². The van der Waals surface area contributed by atoms with Crippen molar-refractivity contribution in [3.8, 4) is 0 Å². The molecule has 15 heteroatoms. The van der Waals surface area contributed by atoms with Gasteiger partial charge in [0.25, 0.3) is 12.4 Å². The molecule has 2 aliphatic rings. The lowest BCUT2D eigenvalue weighted by Gasteiger charge is -2.53. The Morgan fingerprint density at radius 1 is 1.53 bits per heavy atom. The number of nitrogens with one attached hydrogen (secondary N) is 1.